The van der Waals surface area contributed by atoms with Crippen LogP contribution in [0, 0.1) is 0 Å². The van der Waals surface area contributed by atoms with E-state index in [4.69, 9.17) is 9.73 Å². The molecule has 0 aliphatic heterocycles. The molecule has 0 aliphatic rings. The molecule has 0 aliphatic carbocycles. The lowest BCUT2D eigenvalue weighted by atomic mass is 10.2. The molecule has 0 spiro atoms. The number of carbonyl (C=O) groups excluding carboxylic acids is 1. The summed E-state index contributed by atoms with van der Waals surface area (Å²) in [6.45, 7) is 11.8. The van der Waals surface area contributed by atoms with Crippen molar-refractivity contribution in [1.29, 1.82) is 0 Å². The second-order valence-corrected chi connectivity index (χ2v) is 7.84. The largest absolute Gasteiger partial charge is 0.444 e. The summed E-state index contributed by atoms with van der Waals surface area (Å²) in [5.41, 5.74) is 0.639. The van der Waals surface area contributed by atoms with Crippen LogP contribution >= 0.6 is 24.0 Å². The van der Waals surface area contributed by atoms with E-state index in [0.717, 1.165) is 31.0 Å². The summed E-state index contributed by atoms with van der Waals surface area (Å²) in [5, 5.41) is 7.51. The Morgan fingerprint density at radius 3 is 2.54 bits per heavy atom. The fourth-order valence-corrected chi connectivity index (χ4v) is 2.44. The van der Waals surface area contributed by atoms with Crippen molar-refractivity contribution >= 4 is 36.0 Å². The Morgan fingerprint density at radius 1 is 1.39 bits per heavy atom. The minimum atomic E-state index is -0.490. The Morgan fingerprint density at radius 2 is 2.04 bits per heavy atom. The van der Waals surface area contributed by atoms with Crippen LogP contribution in [-0.4, -0.2) is 70.5 Å². The van der Waals surface area contributed by atoms with Crippen molar-refractivity contribution in [2.45, 2.75) is 59.2 Å². The Labute approximate surface area is 186 Å². The van der Waals surface area contributed by atoms with Crippen molar-refractivity contribution < 1.29 is 9.53 Å². The van der Waals surface area contributed by atoms with Crippen LogP contribution in [0.15, 0.2) is 17.4 Å². The fraction of sp³-hybridized carbons (Fsp3) is 0.737. The van der Waals surface area contributed by atoms with E-state index in [1.165, 1.54) is 0 Å². The zero-order chi connectivity index (χ0) is 20.6. The number of aryl methyl sites for hydroxylation is 1. The highest BCUT2D eigenvalue weighted by Crippen LogP contribution is 2.12. The molecule has 1 amide bonds. The van der Waals surface area contributed by atoms with Gasteiger partial charge in [-0.3, -0.25) is 9.67 Å². The molecule has 28 heavy (non-hydrogen) atoms. The predicted octanol–water partition coefficient (Wildman–Crippen LogP) is 3.08. The molecule has 0 saturated carbocycles. The molecule has 9 heteroatoms. The van der Waals surface area contributed by atoms with Crippen LogP contribution in [0.2, 0.25) is 0 Å². The Balaban J connectivity index is 0.00000729. The maximum Gasteiger partial charge on any atom is 0.410 e. The zero-order valence-electron chi connectivity index (χ0n) is 18.5. The summed E-state index contributed by atoms with van der Waals surface area (Å²) in [4.78, 5) is 20.6. The lowest BCUT2D eigenvalue weighted by molar-refractivity contribution is 0.0231. The molecule has 0 radical (unpaired) electrons. The van der Waals surface area contributed by atoms with Gasteiger partial charge in [0.1, 0.15) is 5.60 Å². The summed E-state index contributed by atoms with van der Waals surface area (Å²) in [5.74, 6) is 0.841. The summed E-state index contributed by atoms with van der Waals surface area (Å²) >= 11 is 0. The molecule has 0 saturated heterocycles. The van der Waals surface area contributed by atoms with Crippen molar-refractivity contribution in [3.8, 4) is 0 Å². The molecule has 1 atom stereocenters. The number of guanidine groups is 1. The number of aromatic nitrogens is 2. The molecule has 1 aromatic rings. The van der Waals surface area contributed by atoms with E-state index < -0.39 is 5.60 Å². The summed E-state index contributed by atoms with van der Waals surface area (Å²) in [6, 6.07) is 0.0371. The van der Waals surface area contributed by atoms with Gasteiger partial charge in [0.25, 0.3) is 0 Å². The number of ether oxygens (including phenoxy) is 1. The highest BCUT2D eigenvalue weighted by molar-refractivity contribution is 14.0. The van der Waals surface area contributed by atoms with Crippen LogP contribution in [0.3, 0.4) is 0 Å². The van der Waals surface area contributed by atoms with E-state index in [2.05, 4.69) is 15.3 Å². The SMILES string of the molecule is CCNC(=NCCC(C)N(C)C(=O)OC(C)(C)C)N(C)Cc1cnn(C)c1.I. The number of amides is 1. The molecule has 1 unspecified atom stereocenters. The molecular formula is C19H37IN6O2. The minimum Gasteiger partial charge on any atom is -0.444 e. The first-order valence-electron chi connectivity index (χ1n) is 9.46. The average molecular weight is 508 g/mol. The summed E-state index contributed by atoms with van der Waals surface area (Å²) in [6.07, 6.45) is 4.31. The highest BCUT2D eigenvalue weighted by Gasteiger charge is 2.22. The lowest BCUT2D eigenvalue weighted by Crippen LogP contribution is -2.40. The first kappa shape index (κ1) is 26.5. The van der Waals surface area contributed by atoms with E-state index in [1.54, 1.807) is 16.6 Å². The minimum absolute atomic E-state index is 0. The van der Waals surface area contributed by atoms with Crippen molar-refractivity contribution in [3.63, 3.8) is 0 Å². The van der Waals surface area contributed by atoms with Gasteiger partial charge >= 0.3 is 6.09 Å². The van der Waals surface area contributed by atoms with Crippen molar-refractivity contribution in [2.75, 3.05) is 27.2 Å². The van der Waals surface area contributed by atoms with Gasteiger partial charge in [0.05, 0.1) is 6.20 Å². The number of hydrogen-bond acceptors (Lipinski definition) is 4. The van der Waals surface area contributed by atoms with Gasteiger partial charge in [-0.05, 0) is 41.0 Å². The van der Waals surface area contributed by atoms with E-state index in [9.17, 15) is 4.79 Å². The van der Waals surface area contributed by atoms with Gasteiger partial charge < -0.3 is 19.9 Å². The quantitative estimate of drug-likeness (QED) is 0.348. The average Bonchev–Trinajstić information content (AvgIpc) is 2.96. The molecule has 1 heterocycles. The first-order chi connectivity index (χ1) is 12.5. The van der Waals surface area contributed by atoms with E-state index in [-0.39, 0.29) is 36.1 Å². The number of nitrogens with one attached hydrogen (secondary N) is 1. The normalized spacial score (nSPS) is 12.8. The fourth-order valence-electron chi connectivity index (χ4n) is 2.44. The highest BCUT2D eigenvalue weighted by atomic mass is 127. The van der Waals surface area contributed by atoms with E-state index in [1.807, 2.05) is 61.1 Å². The van der Waals surface area contributed by atoms with Crippen LogP contribution in [-0.2, 0) is 18.3 Å². The maximum atomic E-state index is 12.2. The zero-order valence-corrected chi connectivity index (χ0v) is 20.9. The number of aliphatic imine (C=N–C) groups is 1. The van der Waals surface area contributed by atoms with E-state index in [0.29, 0.717) is 6.54 Å². The van der Waals surface area contributed by atoms with Crippen LogP contribution in [0.4, 0.5) is 4.79 Å². The number of carbonyl (C=O) groups is 1. The topological polar surface area (TPSA) is 75.0 Å². The summed E-state index contributed by atoms with van der Waals surface area (Å²) < 4.78 is 7.21. The molecule has 0 bridgehead atoms. The number of rotatable bonds is 7. The Kier molecular flexibility index (Phi) is 11.5. The maximum absolute atomic E-state index is 12.2. The number of nitrogens with zero attached hydrogens (tertiary/aromatic N) is 5. The van der Waals surface area contributed by atoms with Gasteiger partial charge in [-0.25, -0.2) is 4.79 Å². The smallest absolute Gasteiger partial charge is 0.410 e. The van der Waals surface area contributed by atoms with Crippen LogP contribution < -0.4 is 5.32 Å². The second kappa shape index (κ2) is 12.1. The van der Waals surface area contributed by atoms with Crippen LogP contribution in [0.25, 0.3) is 0 Å². The van der Waals surface area contributed by atoms with Gasteiger partial charge in [0, 0.05) is 58.6 Å². The lowest BCUT2D eigenvalue weighted by Gasteiger charge is -2.28. The molecule has 1 rings (SSSR count). The van der Waals surface area contributed by atoms with Gasteiger partial charge in [0.2, 0.25) is 0 Å². The monoisotopic (exact) mass is 508 g/mol. The molecule has 0 fully saturated rings. The second-order valence-electron chi connectivity index (χ2n) is 7.84. The molecule has 8 nitrogen and oxygen atoms in total. The van der Waals surface area contributed by atoms with Crippen molar-refractivity contribution in [1.82, 2.24) is 24.9 Å². The van der Waals surface area contributed by atoms with E-state index >= 15 is 0 Å². The molecule has 1 aromatic heterocycles. The first-order valence-corrected chi connectivity index (χ1v) is 9.46. The van der Waals surface area contributed by atoms with Gasteiger partial charge in [-0.2, -0.15) is 5.10 Å². The van der Waals surface area contributed by atoms with Crippen molar-refractivity contribution in [3.05, 3.63) is 18.0 Å². The molecular weight excluding hydrogens is 471 g/mol. The summed E-state index contributed by atoms with van der Waals surface area (Å²) in [7, 11) is 5.68. The van der Waals surface area contributed by atoms with Crippen LogP contribution in [0.1, 0.15) is 46.6 Å². The molecule has 1 N–H and O–H groups in total. The molecule has 162 valence electrons. The third-order valence-electron chi connectivity index (χ3n) is 4.03. The number of hydrogen-bond donors (Lipinski definition) is 1. The van der Waals surface area contributed by atoms with Crippen molar-refractivity contribution in [2.24, 2.45) is 12.0 Å². The third kappa shape index (κ3) is 9.61. The standard InChI is InChI=1S/C19H36N6O2.HI/c1-9-20-17(23(6)13-16-12-22-24(7)14-16)21-11-10-15(2)25(8)18(26)27-19(3,4)5;/h12,14-15H,9-11,13H2,1-8H3,(H,20,21);1H. The number of halogens is 1. The predicted molar refractivity (Wildman–Crippen MR) is 124 cm³/mol. The Bertz CT molecular complexity index is 626. The van der Waals surface area contributed by atoms with Gasteiger partial charge in [-0.15, -0.1) is 24.0 Å². The third-order valence-corrected chi connectivity index (χ3v) is 4.03. The molecule has 0 aromatic carbocycles. The van der Waals surface area contributed by atoms with Gasteiger partial charge in [-0.1, -0.05) is 0 Å². The Hall–Kier alpha value is -1.52. The van der Waals surface area contributed by atoms with Crippen LogP contribution in [0.5, 0.6) is 0 Å². The van der Waals surface area contributed by atoms with Gasteiger partial charge in [0.15, 0.2) is 5.96 Å².